The lowest BCUT2D eigenvalue weighted by Crippen LogP contribution is -2.41. The molecule has 0 saturated heterocycles. The first-order valence-electron chi connectivity index (χ1n) is 7.18. The number of aromatic nitrogens is 1. The largest absolute Gasteiger partial charge is 0.478 e. The third-order valence-corrected chi connectivity index (χ3v) is 3.85. The summed E-state index contributed by atoms with van der Waals surface area (Å²) in [4.78, 5) is 15.6. The summed E-state index contributed by atoms with van der Waals surface area (Å²) in [5.41, 5.74) is 1.67. The first kappa shape index (κ1) is 13.8. The highest BCUT2D eigenvalue weighted by Crippen LogP contribution is 2.32. The second-order valence-electron chi connectivity index (χ2n) is 5.26. The van der Waals surface area contributed by atoms with Crippen LogP contribution < -0.4 is 5.32 Å². The number of carboxylic acid groups (broad SMARTS) is 1. The highest BCUT2D eigenvalue weighted by molar-refractivity contribution is 6.04. The number of para-hydroxylation sites is 1. The summed E-state index contributed by atoms with van der Waals surface area (Å²) >= 11 is 0. The number of carbonyl (C=O) groups is 1. The topological polar surface area (TPSA) is 71.5 Å². The molecule has 0 aliphatic heterocycles. The molecule has 1 saturated carbocycles. The normalized spacial score (nSPS) is 21.0. The van der Waals surface area contributed by atoms with E-state index in [2.05, 4.69) is 10.3 Å². The van der Waals surface area contributed by atoms with E-state index in [0.717, 1.165) is 30.4 Å². The van der Waals surface area contributed by atoms with Gasteiger partial charge in [-0.25, -0.2) is 4.79 Å². The Balaban J connectivity index is 1.89. The lowest BCUT2D eigenvalue weighted by atomic mass is 9.88. The molecular formula is C16H18N2O3. The van der Waals surface area contributed by atoms with Crippen LogP contribution in [0.15, 0.2) is 30.5 Å². The molecule has 5 heteroatoms. The predicted molar refractivity (Wildman–Crippen MR) is 80.8 cm³/mol. The molecule has 1 aromatic heterocycles. The maximum absolute atomic E-state index is 11.4. The van der Waals surface area contributed by atoms with E-state index in [1.165, 1.54) is 6.20 Å². The van der Waals surface area contributed by atoms with E-state index in [1.807, 2.05) is 31.2 Å². The SMILES string of the molecule is CCOC1CC(Nc2c(C(=O)O)cnc3ccccc23)C1. The van der Waals surface area contributed by atoms with Gasteiger partial charge in [-0.2, -0.15) is 0 Å². The second-order valence-corrected chi connectivity index (χ2v) is 5.26. The molecule has 0 radical (unpaired) electrons. The van der Waals surface area contributed by atoms with Crippen LogP contribution in [0.5, 0.6) is 0 Å². The van der Waals surface area contributed by atoms with Crippen LogP contribution in [0.3, 0.4) is 0 Å². The molecular weight excluding hydrogens is 268 g/mol. The van der Waals surface area contributed by atoms with Crippen LogP contribution in [0.25, 0.3) is 10.9 Å². The van der Waals surface area contributed by atoms with Crippen LogP contribution in [0.2, 0.25) is 0 Å². The van der Waals surface area contributed by atoms with Gasteiger partial charge in [0.25, 0.3) is 0 Å². The average molecular weight is 286 g/mol. The first-order valence-corrected chi connectivity index (χ1v) is 7.18. The van der Waals surface area contributed by atoms with E-state index in [4.69, 9.17) is 4.74 Å². The van der Waals surface area contributed by atoms with E-state index in [1.54, 1.807) is 0 Å². The fourth-order valence-electron chi connectivity index (χ4n) is 2.72. The van der Waals surface area contributed by atoms with Crippen LogP contribution in [0, 0.1) is 0 Å². The molecule has 5 nitrogen and oxygen atoms in total. The molecule has 2 N–H and O–H groups in total. The van der Waals surface area contributed by atoms with Gasteiger partial charge in [0.15, 0.2) is 0 Å². The number of hydrogen-bond acceptors (Lipinski definition) is 4. The van der Waals surface area contributed by atoms with Gasteiger partial charge in [0.1, 0.15) is 5.56 Å². The Bertz CT molecular complexity index is 666. The van der Waals surface area contributed by atoms with Crippen molar-refractivity contribution in [2.45, 2.75) is 31.9 Å². The van der Waals surface area contributed by atoms with E-state index in [0.29, 0.717) is 5.69 Å². The summed E-state index contributed by atoms with van der Waals surface area (Å²) in [6.07, 6.45) is 3.52. The number of nitrogens with one attached hydrogen (secondary N) is 1. The van der Waals surface area contributed by atoms with Crippen molar-refractivity contribution in [2.75, 3.05) is 11.9 Å². The van der Waals surface area contributed by atoms with Crippen LogP contribution in [-0.4, -0.2) is 34.8 Å². The number of fused-ring (bicyclic) bond motifs is 1. The summed E-state index contributed by atoms with van der Waals surface area (Å²) in [5, 5.41) is 13.6. The number of rotatable bonds is 5. The van der Waals surface area contributed by atoms with E-state index >= 15 is 0 Å². The zero-order valence-corrected chi connectivity index (χ0v) is 11.9. The molecule has 1 aliphatic carbocycles. The fraction of sp³-hybridized carbons (Fsp3) is 0.375. The van der Waals surface area contributed by atoms with Crippen molar-refractivity contribution in [3.05, 3.63) is 36.0 Å². The molecule has 0 spiro atoms. The van der Waals surface area contributed by atoms with Gasteiger partial charge in [-0.1, -0.05) is 18.2 Å². The number of nitrogens with zero attached hydrogens (tertiary/aromatic N) is 1. The monoisotopic (exact) mass is 286 g/mol. The number of hydrogen-bond donors (Lipinski definition) is 2. The number of carboxylic acids is 1. The fourth-order valence-corrected chi connectivity index (χ4v) is 2.72. The van der Waals surface area contributed by atoms with Gasteiger partial charge in [-0.15, -0.1) is 0 Å². The molecule has 2 aromatic rings. The molecule has 1 heterocycles. The van der Waals surface area contributed by atoms with Crippen molar-refractivity contribution in [3.63, 3.8) is 0 Å². The van der Waals surface area contributed by atoms with E-state index < -0.39 is 5.97 Å². The molecule has 110 valence electrons. The number of benzene rings is 1. The Morgan fingerprint density at radius 2 is 2.19 bits per heavy atom. The summed E-state index contributed by atoms with van der Waals surface area (Å²) < 4.78 is 5.54. The number of aromatic carboxylic acids is 1. The van der Waals surface area contributed by atoms with E-state index in [-0.39, 0.29) is 17.7 Å². The molecule has 3 rings (SSSR count). The molecule has 0 unspecified atom stereocenters. The van der Waals surface area contributed by atoms with Crippen molar-refractivity contribution in [3.8, 4) is 0 Å². The molecule has 1 aliphatic rings. The number of ether oxygens (including phenoxy) is 1. The van der Waals surface area contributed by atoms with Crippen molar-refractivity contribution in [1.82, 2.24) is 4.98 Å². The maximum atomic E-state index is 11.4. The van der Waals surface area contributed by atoms with Crippen molar-refractivity contribution in [1.29, 1.82) is 0 Å². The second kappa shape index (κ2) is 5.69. The van der Waals surface area contributed by atoms with Gasteiger partial charge >= 0.3 is 5.97 Å². The molecule has 0 amide bonds. The Labute approximate surface area is 123 Å². The first-order chi connectivity index (χ1) is 10.2. The standard InChI is InChI=1S/C16H18N2O3/c1-2-21-11-7-10(8-11)18-15-12-5-3-4-6-14(12)17-9-13(15)16(19)20/h3-6,9-11H,2,7-8H2,1H3,(H,17,18)(H,19,20). The minimum Gasteiger partial charge on any atom is -0.478 e. The van der Waals surface area contributed by atoms with Gasteiger partial charge in [-0.3, -0.25) is 4.98 Å². The van der Waals surface area contributed by atoms with Gasteiger partial charge in [0.2, 0.25) is 0 Å². The van der Waals surface area contributed by atoms with Gasteiger partial charge in [0, 0.05) is 24.2 Å². The van der Waals surface area contributed by atoms with Crippen molar-refractivity contribution >= 4 is 22.6 Å². The highest BCUT2D eigenvalue weighted by Gasteiger charge is 2.30. The number of pyridine rings is 1. The molecule has 21 heavy (non-hydrogen) atoms. The number of anilines is 1. The highest BCUT2D eigenvalue weighted by atomic mass is 16.5. The summed E-state index contributed by atoms with van der Waals surface area (Å²) in [6, 6.07) is 7.83. The van der Waals surface area contributed by atoms with Crippen LogP contribution in [-0.2, 0) is 4.74 Å². The quantitative estimate of drug-likeness (QED) is 0.884. The summed E-state index contributed by atoms with van der Waals surface area (Å²) in [7, 11) is 0. The van der Waals surface area contributed by atoms with Crippen LogP contribution >= 0.6 is 0 Å². The minimum atomic E-state index is -0.962. The Kier molecular flexibility index (Phi) is 3.75. The van der Waals surface area contributed by atoms with Gasteiger partial charge < -0.3 is 15.2 Å². The lowest BCUT2D eigenvalue weighted by molar-refractivity contribution is 0.00301. The van der Waals surface area contributed by atoms with E-state index in [9.17, 15) is 9.90 Å². The third-order valence-electron chi connectivity index (χ3n) is 3.85. The van der Waals surface area contributed by atoms with Gasteiger partial charge in [-0.05, 0) is 25.8 Å². The molecule has 0 bridgehead atoms. The third kappa shape index (κ3) is 2.69. The summed E-state index contributed by atoms with van der Waals surface area (Å²) in [5.74, 6) is -0.962. The lowest BCUT2D eigenvalue weighted by Gasteiger charge is -2.36. The van der Waals surface area contributed by atoms with Crippen LogP contribution in [0.4, 0.5) is 5.69 Å². The molecule has 1 aromatic carbocycles. The van der Waals surface area contributed by atoms with Crippen LogP contribution in [0.1, 0.15) is 30.1 Å². The molecule has 1 fully saturated rings. The van der Waals surface area contributed by atoms with Crippen molar-refractivity contribution < 1.29 is 14.6 Å². The maximum Gasteiger partial charge on any atom is 0.339 e. The molecule has 0 atom stereocenters. The smallest absolute Gasteiger partial charge is 0.339 e. The minimum absolute atomic E-state index is 0.216. The zero-order valence-electron chi connectivity index (χ0n) is 11.9. The predicted octanol–water partition coefficient (Wildman–Crippen LogP) is 2.91. The Morgan fingerprint density at radius 1 is 1.43 bits per heavy atom. The zero-order chi connectivity index (χ0) is 14.8. The van der Waals surface area contributed by atoms with Crippen molar-refractivity contribution in [2.24, 2.45) is 0 Å². The Hall–Kier alpha value is -2.14. The van der Waals surface area contributed by atoms with Gasteiger partial charge in [0.05, 0.1) is 17.3 Å². The Morgan fingerprint density at radius 3 is 2.90 bits per heavy atom. The summed E-state index contributed by atoms with van der Waals surface area (Å²) in [6.45, 7) is 2.70. The average Bonchev–Trinajstić information content (AvgIpc) is 2.44.